The van der Waals surface area contributed by atoms with E-state index >= 15 is 0 Å². The van der Waals surface area contributed by atoms with E-state index in [4.69, 9.17) is 0 Å². The van der Waals surface area contributed by atoms with Crippen molar-refractivity contribution < 1.29 is 29.0 Å². The number of phenols is 2. The molecule has 8 heteroatoms. The third kappa shape index (κ3) is 6.17. The molecule has 1 fully saturated rings. The van der Waals surface area contributed by atoms with Gasteiger partial charge in [-0.2, -0.15) is 0 Å². The molecule has 204 valence electrons. The van der Waals surface area contributed by atoms with Crippen molar-refractivity contribution in [1.82, 2.24) is 9.80 Å². The van der Waals surface area contributed by atoms with Crippen molar-refractivity contribution in [3.8, 4) is 11.5 Å². The molecular weight excluding hydrogens is 499 g/mol. The molecule has 0 bridgehead atoms. The fourth-order valence-corrected chi connectivity index (χ4v) is 5.43. The number of nitrogens with zero attached hydrogens (tertiary/aromatic N) is 2. The number of rotatable bonds is 8. The van der Waals surface area contributed by atoms with Gasteiger partial charge < -0.3 is 20.0 Å². The Balaban J connectivity index is 1.83. The van der Waals surface area contributed by atoms with Crippen LogP contribution < -0.4 is 0 Å². The number of piperidine rings is 1. The predicted molar refractivity (Wildman–Crippen MR) is 145 cm³/mol. The third-order valence-electron chi connectivity index (χ3n) is 7.67. The lowest BCUT2D eigenvalue weighted by Crippen LogP contribution is -2.52. The van der Waals surface area contributed by atoms with Gasteiger partial charge in [0.05, 0.1) is 0 Å². The van der Waals surface area contributed by atoms with Gasteiger partial charge in [-0.05, 0) is 48.4 Å². The van der Waals surface area contributed by atoms with Crippen LogP contribution in [0.3, 0.4) is 0 Å². The highest BCUT2D eigenvalue weighted by Crippen LogP contribution is 2.42. The van der Waals surface area contributed by atoms with Gasteiger partial charge in [0.15, 0.2) is 11.6 Å². The molecule has 1 amide bonds. The number of ketones is 2. The summed E-state index contributed by atoms with van der Waals surface area (Å²) >= 11 is 0. The van der Waals surface area contributed by atoms with Crippen LogP contribution in [0.1, 0.15) is 44.7 Å². The van der Waals surface area contributed by atoms with E-state index in [1.165, 1.54) is 37.3 Å². The van der Waals surface area contributed by atoms with Crippen LogP contribution in [0.5, 0.6) is 11.5 Å². The molecule has 1 heterocycles. The number of carbonyl (C=O) groups is 3. The van der Waals surface area contributed by atoms with Gasteiger partial charge in [-0.25, -0.2) is 4.39 Å². The number of hydrogen-bond donors (Lipinski definition) is 2. The van der Waals surface area contributed by atoms with E-state index in [1.54, 1.807) is 55.3 Å². The molecule has 4 rings (SSSR count). The van der Waals surface area contributed by atoms with Gasteiger partial charge in [0.2, 0.25) is 5.91 Å². The molecule has 39 heavy (non-hydrogen) atoms. The lowest BCUT2D eigenvalue weighted by molar-refractivity contribution is -0.127. The van der Waals surface area contributed by atoms with Crippen LogP contribution in [0.15, 0.2) is 66.7 Å². The predicted octanol–water partition coefficient (Wildman–Crippen LogP) is 4.42. The molecule has 1 aliphatic heterocycles. The Morgan fingerprint density at radius 2 is 1.41 bits per heavy atom. The molecule has 2 N–H and O–H groups in total. The van der Waals surface area contributed by atoms with Crippen molar-refractivity contribution in [2.24, 2.45) is 11.8 Å². The van der Waals surface area contributed by atoms with Gasteiger partial charge in [-0.3, -0.25) is 14.4 Å². The molecule has 0 radical (unpaired) electrons. The minimum absolute atomic E-state index is 0.0533. The monoisotopic (exact) mass is 532 g/mol. The second kappa shape index (κ2) is 11.8. The van der Waals surface area contributed by atoms with E-state index in [0.29, 0.717) is 35.3 Å². The highest BCUT2D eigenvalue weighted by Gasteiger charge is 2.45. The van der Waals surface area contributed by atoms with Crippen molar-refractivity contribution in [2.45, 2.75) is 19.8 Å². The highest BCUT2D eigenvalue weighted by atomic mass is 19.1. The number of hydrogen-bond acceptors (Lipinski definition) is 6. The maximum Gasteiger partial charge on any atom is 0.219 e. The normalized spacial score (nSPS) is 19.4. The summed E-state index contributed by atoms with van der Waals surface area (Å²) in [5.74, 6) is -3.30. The second-order valence-corrected chi connectivity index (χ2v) is 10.2. The van der Waals surface area contributed by atoms with Crippen LogP contribution in [-0.2, 0) is 4.79 Å². The largest absolute Gasteiger partial charge is 0.508 e. The van der Waals surface area contributed by atoms with E-state index in [-0.39, 0.29) is 42.1 Å². The van der Waals surface area contributed by atoms with Crippen LogP contribution >= 0.6 is 0 Å². The molecule has 0 aromatic heterocycles. The van der Waals surface area contributed by atoms with Crippen LogP contribution in [0.2, 0.25) is 0 Å². The fourth-order valence-electron chi connectivity index (χ4n) is 5.43. The maximum atomic E-state index is 14.8. The molecule has 3 aromatic carbocycles. The van der Waals surface area contributed by atoms with Gasteiger partial charge in [0, 0.05) is 69.0 Å². The minimum Gasteiger partial charge on any atom is -0.508 e. The fraction of sp³-hybridized carbons (Fsp3) is 0.323. The molecule has 2 atom stereocenters. The van der Waals surface area contributed by atoms with E-state index in [9.17, 15) is 29.0 Å². The number of amides is 1. The molecule has 3 aromatic rings. The van der Waals surface area contributed by atoms with Gasteiger partial charge >= 0.3 is 0 Å². The molecule has 1 aliphatic rings. The topological polar surface area (TPSA) is 98.2 Å². The lowest BCUT2D eigenvalue weighted by atomic mass is 9.67. The average molecular weight is 533 g/mol. The van der Waals surface area contributed by atoms with Gasteiger partial charge in [0.1, 0.15) is 17.3 Å². The molecule has 7 nitrogen and oxygen atoms in total. The Bertz CT molecular complexity index is 1320. The van der Waals surface area contributed by atoms with Gasteiger partial charge in [0.25, 0.3) is 0 Å². The average Bonchev–Trinajstić information content (AvgIpc) is 2.92. The first-order chi connectivity index (χ1) is 18.6. The minimum atomic E-state index is -0.741. The number of Topliss-reactive ketones (excluding diaryl/α,β-unsaturated/α-hetero) is 2. The summed E-state index contributed by atoms with van der Waals surface area (Å²) in [7, 11) is 1.69. The van der Waals surface area contributed by atoms with E-state index in [0.717, 1.165) is 0 Å². The van der Waals surface area contributed by atoms with Gasteiger partial charge in [-0.1, -0.05) is 36.4 Å². The van der Waals surface area contributed by atoms with Gasteiger partial charge in [-0.15, -0.1) is 0 Å². The molecule has 1 saturated heterocycles. The lowest BCUT2D eigenvalue weighted by Gasteiger charge is -2.44. The first-order valence-corrected chi connectivity index (χ1v) is 12.9. The Kier molecular flexibility index (Phi) is 8.45. The SMILES string of the molecule is CC(=O)N(C)CCN1CC(C(=O)c2cccc(O)c2)C(c2cccc(F)c2C)C(C(=O)c2cccc(O)c2)C1. The van der Waals surface area contributed by atoms with Crippen molar-refractivity contribution in [1.29, 1.82) is 0 Å². The zero-order chi connectivity index (χ0) is 28.3. The number of phenolic OH excluding ortho intramolecular Hbond substituents is 2. The number of aromatic hydroxyl groups is 2. The summed E-state index contributed by atoms with van der Waals surface area (Å²) in [6.45, 7) is 4.51. The van der Waals surface area contributed by atoms with E-state index in [1.807, 2.05) is 4.90 Å². The number of likely N-dealkylation sites (N-methyl/N-ethyl adjacent to an activating group) is 1. The van der Waals surface area contributed by atoms with Crippen LogP contribution in [0.25, 0.3) is 0 Å². The Hall–Kier alpha value is -4.04. The summed E-state index contributed by atoms with van der Waals surface area (Å²) in [5, 5.41) is 20.1. The first-order valence-electron chi connectivity index (χ1n) is 12.9. The van der Waals surface area contributed by atoms with Crippen molar-refractivity contribution in [2.75, 3.05) is 33.2 Å². The summed E-state index contributed by atoms with van der Waals surface area (Å²) < 4.78 is 14.8. The quantitative estimate of drug-likeness (QED) is 0.417. The molecular formula is C31H33FN2O5. The van der Waals surface area contributed by atoms with Crippen molar-refractivity contribution >= 4 is 17.5 Å². The number of benzene rings is 3. The highest BCUT2D eigenvalue weighted by molar-refractivity contribution is 6.02. The molecule has 0 saturated carbocycles. The Labute approximate surface area is 227 Å². The Morgan fingerprint density at radius 1 is 0.897 bits per heavy atom. The summed E-state index contributed by atoms with van der Waals surface area (Å²) in [4.78, 5) is 43.4. The van der Waals surface area contributed by atoms with Crippen LogP contribution in [0, 0.1) is 24.6 Å². The van der Waals surface area contributed by atoms with E-state index in [2.05, 4.69) is 0 Å². The summed E-state index contributed by atoms with van der Waals surface area (Å²) in [6.07, 6.45) is 0. The molecule has 0 aliphatic carbocycles. The zero-order valence-electron chi connectivity index (χ0n) is 22.3. The smallest absolute Gasteiger partial charge is 0.219 e. The Morgan fingerprint density at radius 3 is 1.90 bits per heavy atom. The number of likely N-dealkylation sites (tertiary alicyclic amines) is 1. The second-order valence-electron chi connectivity index (χ2n) is 10.2. The van der Waals surface area contributed by atoms with E-state index < -0.39 is 23.6 Å². The zero-order valence-corrected chi connectivity index (χ0v) is 22.3. The summed E-state index contributed by atoms with van der Waals surface area (Å²) in [5.41, 5.74) is 1.54. The number of carbonyl (C=O) groups excluding carboxylic acids is 3. The number of halogens is 1. The van der Waals surface area contributed by atoms with Crippen LogP contribution in [0.4, 0.5) is 4.39 Å². The van der Waals surface area contributed by atoms with Crippen LogP contribution in [-0.4, -0.2) is 70.7 Å². The third-order valence-corrected chi connectivity index (χ3v) is 7.67. The van der Waals surface area contributed by atoms with Crippen molar-refractivity contribution in [3.63, 3.8) is 0 Å². The summed E-state index contributed by atoms with van der Waals surface area (Å²) in [6, 6.07) is 16.8. The molecule has 0 spiro atoms. The molecule has 2 unspecified atom stereocenters. The first kappa shape index (κ1) is 28.0. The standard InChI is InChI=1S/C31H33FN2O5/c1-19-25(11-6-12-28(19)32)29-26(30(38)21-7-4-9-23(36)15-21)17-34(14-13-33(3)20(2)35)18-27(29)31(39)22-8-5-10-24(37)16-22/h4-12,15-16,26-27,29,36-37H,13-14,17-18H2,1-3H3. The maximum absolute atomic E-state index is 14.8. The van der Waals surface area contributed by atoms with Crippen molar-refractivity contribution in [3.05, 3.63) is 94.8 Å².